The van der Waals surface area contributed by atoms with E-state index in [0.717, 1.165) is 10.5 Å². The van der Waals surface area contributed by atoms with Gasteiger partial charge in [-0.05, 0) is 36.3 Å². The molecule has 0 aliphatic rings. The average Bonchev–Trinajstić information content (AvgIpc) is 2.78. The third kappa shape index (κ3) is 5.13. The van der Waals surface area contributed by atoms with Crippen LogP contribution < -0.4 is 21.9 Å². The molecule has 7 nitrogen and oxygen atoms in total. The molecule has 0 spiro atoms. The molecule has 1 heterocycles. The summed E-state index contributed by atoms with van der Waals surface area (Å²) >= 11 is 1.46. The minimum atomic E-state index is -0.671. The van der Waals surface area contributed by atoms with Gasteiger partial charge in [0.25, 0.3) is 11.5 Å². The van der Waals surface area contributed by atoms with Crippen LogP contribution in [-0.2, 0) is 6.54 Å². The molecule has 1 amide bonds. The molecular formula is C24H28N4O3S. The van der Waals surface area contributed by atoms with E-state index in [0.29, 0.717) is 24.4 Å². The fourth-order valence-corrected chi connectivity index (χ4v) is 4.02. The highest BCUT2D eigenvalue weighted by atomic mass is 32.2. The molecule has 0 aliphatic heterocycles. The van der Waals surface area contributed by atoms with Gasteiger partial charge in [0.05, 0.1) is 12.1 Å². The van der Waals surface area contributed by atoms with Gasteiger partial charge < -0.3 is 10.6 Å². The Labute approximate surface area is 191 Å². The first-order chi connectivity index (χ1) is 15.3. The predicted molar refractivity (Wildman–Crippen MR) is 131 cm³/mol. The number of aromatic nitrogens is 2. The van der Waals surface area contributed by atoms with Crippen LogP contribution in [0.25, 0.3) is 0 Å². The highest BCUT2D eigenvalue weighted by Gasteiger charge is 2.26. The Hall–Kier alpha value is -3.26. The molecule has 0 saturated carbocycles. The van der Waals surface area contributed by atoms with E-state index in [4.69, 9.17) is 5.73 Å². The molecule has 0 saturated heterocycles. The van der Waals surface area contributed by atoms with Gasteiger partial charge in [0.15, 0.2) is 5.69 Å². The summed E-state index contributed by atoms with van der Waals surface area (Å²) in [6.07, 6.45) is 2.57. The summed E-state index contributed by atoms with van der Waals surface area (Å²) in [5, 5.41) is 0. The van der Waals surface area contributed by atoms with Gasteiger partial charge in [-0.15, -0.1) is 11.8 Å². The van der Waals surface area contributed by atoms with Crippen molar-refractivity contribution in [2.45, 2.75) is 31.7 Å². The highest BCUT2D eigenvalue weighted by molar-refractivity contribution is 7.98. The lowest BCUT2D eigenvalue weighted by Gasteiger charge is -2.26. The molecule has 32 heavy (non-hydrogen) atoms. The van der Waals surface area contributed by atoms with Crippen LogP contribution in [-0.4, -0.2) is 28.3 Å². The highest BCUT2D eigenvalue weighted by Crippen LogP contribution is 2.26. The number of thioether (sulfide) groups is 1. The summed E-state index contributed by atoms with van der Waals surface area (Å²) in [4.78, 5) is 43.6. The van der Waals surface area contributed by atoms with Crippen LogP contribution in [0.4, 0.5) is 11.5 Å². The minimum absolute atomic E-state index is 0.00193. The fourth-order valence-electron chi connectivity index (χ4n) is 3.43. The van der Waals surface area contributed by atoms with E-state index in [9.17, 15) is 14.4 Å². The van der Waals surface area contributed by atoms with E-state index in [2.05, 4.69) is 4.98 Å². The Bertz CT molecular complexity index is 1200. The number of nitrogens with one attached hydrogen (secondary N) is 1. The van der Waals surface area contributed by atoms with Gasteiger partial charge in [0.2, 0.25) is 0 Å². The zero-order chi connectivity index (χ0) is 23.3. The number of anilines is 2. The van der Waals surface area contributed by atoms with Crippen molar-refractivity contribution in [1.82, 2.24) is 9.55 Å². The molecule has 0 unspecified atom stereocenters. The number of hydrogen-bond donors (Lipinski definition) is 2. The first kappa shape index (κ1) is 23.4. The van der Waals surface area contributed by atoms with E-state index >= 15 is 0 Å². The number of nitrogens with zero attached hydrogens (tertiary/aromatic N) is 2. The van der Waals surface area contributed by atoms with Crippen LogP contribution >= 0.6 is 11.8 Å². The number of benzene rings is 2. The van der Waals surface area contributed by atoms with Gasteiger partial charge in [-0.3, -0.25) is 19.1 Å². The summed E-state index contributed by atoms with van der Waals surface area (Å²) in [6.45, 7) is 4.57. The van der Waals surface area contributed by atoms with Gasteiger partial charge in [0, 0.05) is 11.4 Å². The van der Waals surface area contributed by atoms with Crippen LogP contribution in [0.5, 0.6) is 0 Å². The smallest absolute Gasteiger partial charge is 0.330 e. The second-order valence-corrected chi connectivity index (χ2v) is 8.75. The van der Waals surface area contributed by atoms with Crippen LogP contribution in [0.1, 0.15) is 36.2 Å². The van der Waals surface area contributed by atoms with E-state index in [1.807, 2.05) is 62.6 Å². The summed E-state index contributed by atoms with van der Waals surface area (Å²) in [6, 6.07) is 16.6. The molecule has 0 aliphatic carbocycles. The molecule has 3 N–H and O–H groups in total. The third-order valence-corrected chi connectivity index (χ3v) is 5.98. The largest absolute Gasteiger partial charge is 0.383 e. The number of aromatic amines is 1. The van der Waals surface area contributed by atoms with Crippen molar-refractivity contribution in [3.05, 3.63) is 86.6 Å². The Morgan fingerprint density at radius 3 is 2.41 bits per heavy atom. The predicted octanol–water partition coefficient (Wildman–Crippen LogP) is 3.58. The first-order valence-electron chi connectivity index (χ1n) is 10.4. The second kappa shape index (κ2) is 10.4. The fraction of sp³-hybridized carbons (Fsp3) is 0.292. The monoisotopic (exact) mass is 452 g/mol. The zero-order valence-electron chi connectivity index (χ0n) is 18.5. The molecule has 2 aromatic carbocycles. The van der Waals surface area contributed by atoms with Gasteiger partial charge in [-0.25, -0.2) is 4.79 Å². The molecule has 8 heteroatoms. The standard InChI is InChI=1S/C24H28N4O3S/c1-16(2)13-14-27(23(30)18-11-7-8-12-19(18)32-3)20-21(25)28(24(31)26-22(20)29)15-17-9-5-4-6-10-17/h4-12,16H,13-15,25H2,1-3H3,(H,26,29,31). The second-order valence-electron chi connectivity index (χ2n) is 7.90. The zero-order valence-corrected chi connectivity index (χ0v) is 19.3. The lowest BCUT2D eigenvalue weighted by Crippen LogP contribution is -2.42. The third-order valence-electron chi connectivity index (χ3n) is 5.18. The topological polar surface area (TPSA) is 101 Å². The molecule has 0 fully saturated rings. The number of hydrogen-bond acceptors (Lipinski definition) is 5. The maximum Gasteiger partial charge on any atom is 0.330 e. The normalized spacial score (nSPS) is 11.0. The SMILES string of the molecule is CSc1ccccc1C(=O)N(CCC(C)C)c1c(N)n(Cc2ccccc2)c(=O)[nH]c1=O. The molecular weight excluding hydrogens is 424 g/mol. The first-order valence-corrected chi connectivity index (χ1v) is 11.7. The van der Waals surface area contributed by atoms with Crippen molar-refractivity contribution < 1.29 is 4.79 Å². The minimum Gasteiger partial charge on any atom is -0.383 e. The average molecular weight is 453 g/mol. The van der Waals surface area contributed by atoms with E-state index in [-0.39, 0.29) is 24.0 Å². The molecule has 168 valence electrons. The number of nitrogens with two attached hydrogens (primary N) is 1. The number of rotatable bonds is 8. The lowest BCUT2D eigenvalue weighted by atomic mass is 10.1. The van der Waals surface area contributed by atoms with Gasteiger partial charge in [-0.2, -0.15) is 0 Å². The van der Waals surface area contributed by atoms with Crippen molar-refractivity contribution in [3.8, 4) is 0 Å². The number of carbonyl (C=O) groups is 1. The molecule has 0 bridgehead atoms. The van der Waals surface area contributed by atoms with Crippen molar-refractivity contribution in [3.63, 3.8) is 0 Å². The van der Waals surface area contributed by atoms with Crippen molar-refractivity contribution in [2.24, 2.45) is 5.92 Å². The van der Waals surface area contributed by atoms with Gasteiger partial charge in [0.1, 0.15) is 5.82 Å². The Morgan fingerprint density at radius 2 is 1.75 bits per heavy atom. The quantitative estimate of drug-likeness (QED) is 0.509. The van der Waals surface area contributed by atoms with E-state index in [1.165, 1.54) is 21.2 Å². The number of H-pyrrole nitrogens is 1. The van der Waals surface area contributed by atoms with Crippen molar-refractivity contribution >= 4 is 29.2 Å². The maximum absolute atomic E-state index is 13.6. The molecule has 1 aromatic heterocycles. The Morgan fingerprint density at radius 1 is 1.09 bits per heavy atom. The molecule has 0 atom stereocenters. The molecule has 3 rings (SSSR count). The van der Waals surface area contributed by atoms with E-state index < -0.39 is 11.2 Å². The van der Waals surface area contributed by atoms with Crippen LogP contribution in [0.3, 0.4) is 0 Å². The van der Waals surface area contributed by atoms with Gasteiger partial charge in [-0.1, -0.05) is 56.3 Å². The Kier molecular flexibility index (Phi) is 7.58. The Balaban J connectivity index is 2.14. The van der Waals surface area contributed by atoms with Gasteiger partial charge >= 0.3 is 5.69 Å². The number of amides is 1. The molecule has 0 radical (unpaired) electrons. The lowest BCUT2D eigenvalue weighted by molar-refractivity contribution is 0.0982. The summed E-state index contributed by atoms with van der Waals surface area (Å²) < 4.78 is 1.29. The van der Waals surface area contributed by atoms with Crippen molar-refractivity contribution in [1.29, 1.82) is 0 Å². The maximum atomic E-state index is 13.6. The van der Waals surface area contributed by atoms with Crippen LogP contribution in [0.15, 0.2) is 69.1 Å². The van der Waals surface area contributed by atoms with Crippen LogP contribution in [0, 0.1) is 5.92 Å². The number of nitrogen functional groups attached to an aromatic ring is 1. The van der Waals surface area contributed by atoms with E-state index in [1.54, 1.807) is 12.1 Å². The molecule has 3 aromatic rings. The van der Waals surface area contributed by atoms with Crippen molar-refractivity contribution in [2.75, 3.05) is 23.4 Å². The van der Waals surface area contributed by atoms with Crippen LogP contribution in [0.2, 0.25) is 0 Å². The summed E-state index contributed by atoms with van der Waals surface area (Å²) in [5.74, 6) is -0.0457. The summed E-state index contributed by atoms with van der Waals surface area (Å²) in [7, 11) is 0. The number of carbonyl (C=O) groups excluding carboxylic acids is 1. The summed E-state index contributed by atoms with van der Waals surface area (Å²) in [5.41, 5.74) is 6.43.